The van der Waals surface area contributed by atoms with E-state index in [0.717, 1.165) is 11.1 Å². The summed E-state index contributed by atoms with van der Waals surface area (Å²) in [5, 5.41) is 2.94. The summed E-state index contributed by atoms with van der Waals surface area (Å²) in [7, 11) is -1.76. The van der Waals surface area contributed by atoms with Gasteiger partial charge in [-0.05, 0) is 11.1 Å². The molecule has 0 bridgehead atoms. The number of benzene rings is 1. The van der Waals surface area contributed by atoms with Gasteiger partial charge in [-0.2, -0.15) is 4.31 Å². The molecule has 0 spiro atoms. The number of guanidine groups is 1. The van der Waals surface area contributed by atoms with Gasteiger partial charge in [-0.25, -0.2) is 13.4 Å². The second kappa shape index (κ2) is 9.71. The normalized spacial score (nSPS) is 16.8. The highest BCUT2D eigenvalue weighted by atomic mass is 32.2. The van der Waals surface area contributed by atoms with Crippen LogP contribution in [0.5, 0.6) is 0 Å². The fourth-order valence-corrected chi connectivity index (χ4v) is 4.04. The molecule has 0 aliphatic carbocycles. The lowest BCUT2D eigenvalue weighted by atomic mass is 10.1. The highest BCUT2D eigenvalue weighted by Crippen LogP contribution is 2.17. The highest BCUT2D eigenvalue weighted by Gasteiger charge is 2.25. The van der Waals surface area contributed by atoms with E-state index in [1.54, 1.807) is 7.11 Å². The number of hydrogen-bond acceptors (Lipinski definition) is 5. The number of nitrogens with zero attached hydrogens (tertiary/aromatic N) is 2. The third-order valence-electron chi connectivity index (χ3n) is 3.85. The molecular weight excluding hydrogens is 344 g/mol. The lowest BCUT2D eigenvalue weighted by molar-refractivity contribution is 0.0729. The summed E-state index contributed by atoms with van der Waals surface area (Å²) in [5.74, 6) is 0.262. The van der Waals surface area contributed by atoms with E-state index in [0.29, 0.717) is 52.0 Å². The Kier molecular flexibility index (Phi) is 7.63. The zero-order chi connectivity index (χ0) is 18.1. The van der Waals surface area contributed by atoms with E-state index >= 15 is 0 Å². The SMILES string of the molecule is COCCNC(N)=NCc1ccccc1CS(=O)(=O)N1CCOCC1. The number of hydrogen-bond donors (Lipinski definition) is 2. The maximum Gasteiger partial charge on any atom is 0.218 e. The van der Waals surface area contributed by atoms with Gasteiger partial charge in [-0.15, -0.1) is 0 Å². The van der Waals surface area contributed by atoms with Gasteiger partial charge in [0.25, 0.3) is 0 Å². The number of nitrogens with one attached hydrogen (secondary N) is 1. The van der Waals surface area contributed by atoms with Crippen LogP contribution in [0, 0.1) is 0 Å². The average molecular weight is 370 g/mol. The Morgan fingerprint density at radius 2 is 2.00 bits per heavy atom. The molecule has 1 aromatic carbocycles. The number of methoxy groups -OCH3 is 1. The molecule has 0 saturated carbocycles. The van der Waals surface area contributed by atoms with E-state index in [1.165, 1.54) is 4.31 Å². The second-order valence-electron chi connectivity index (χ2n) is 5.66. The van der Waals surface area contributed by atoms with Crippen LogP contribution in [0.1, 0.15) is 11.1 Å². The van der Waals surface area contributed by atoms with Crippen LogP contribution in [-0.4, -0.2) is 65.2 Å². The van der Waals surface area contributed by atoms with Crippen molar-refractivity contribution in [3.63, 3.8) is 0 Å². The van der Waals surface area contributed by atoms with Crippen LogP contribution in [0.2, 0.25) is 0 Å². The van der Waals surface area contributed by atoms with E-state index in [9.17, 15) is 8.42 Å². The number of sulfonamides is 1. The van der Waals surface area contributed by atoms with Crippen LogP contribution < -0.4 is 11.1 Å². The Labute approximate surface area is 149 Å². The molecule has 2 rings (SSSR count). The molecule has 8 nitrogen and oxygen atoms in total. The van der Waals surface area contributed by atoms with Gasteiger partial charge in [0.15, 0.2) is 5.96 Å². The van der Waals surface area contributed by atoms with Crippen molar-refractivity contribution in [1.29, 1.82) is 0 Å². The fourth-order valence-electron chi connectivity index (χ4n) is 2.47. The van der Waals surface area contributed by atoms with Crippen LogP contribution in [0.15, 0.2) is 29.3 Å². The molecule has 1 fully saturated rings. The van der Waals surface area contributed by atoms with Gasteiger partial charge in [0.1, 0.15) is 0 Å². The van der Waals surface area contributed by atoms with Gasteiger partial charge in [0, 0.05) is 26.7 Å². The molecule has 1 heterocycles. The first-order valence-electron chi connectivity index (χ1n) is 8.18. The van der Waals surface area contributed by atoms with Gasteiger partial charge in [-0.1, -0.05) is 24.3 Å². The quantitative estimate of drug-likeness (QED) is 0.376. The van der Waals surface area contributed by atoms with E-state index in [-0.39, 0.29) is 5.75 Å². The van der Waals surface area contributed by atoms with E-state index in [2.05, 4.69) is 10.3 Å². The zero-order valence-corrected chi connectivity index (χ0v) is 15.3. The second-order valence-corrected chi connectivity index (χ2v) is 7.63. The molecule has 25 heavy (non-hydrogen) atoms. The van der Waals surface area contributed by atoms with E-state index in [4.69, 9.17) is 15.2 Å². The van der Waals surface area contributed by atoms with Crippen molar-refractivity contribution in [3.05, 3.63) is 35.4 Å². The van der Waals surface area contributed by atoms with Crippen molar-refractivity contribution in [2.75, 3.05) is 46.6 Å². The number of morpholine rings is 1. The Bertz CT molecular complexity index is 672. The molecule has 1 saturated heterocycles. The lowest BCUT2D eigenvalue weighted by Gasteiger charge is -2.26. The molecular formula is C16H26N4O4S. The van der Waals surface area contributed by atoms with E-state index in [1.807, 2.05) is 24.3 Å². The summed E-state index contributed by atoms with van der Waals surface area (Å²) in [5.41, 5.74) is 7.38. The maximum atomic E-state index is 12.6. The Morgan fingerprint density at radius 3 is 2.68 bits per heavy atom. The van der Waals surface area contributed by atoms with Crippen molar-refractivity contribution in [2.24, 2.45) is 10.7 Å². The minimum atomic E-state index is -3.37. The molecule has 3 N–H and O–H groups in total. The third-order valence-corrected chi connectivity index (χ3v) is 5.68. The summed E-state index contributed by atoms with van der Waals surface area (Å²) in [6, 6.07) is 7.38. The van der Waals surface area contributed by atoms with Crippen molar-refractivity contribution in [1.82, 2.24) is 9.62 Å². The number of nitrogens with two attached hydrogens (primary N) is 1. The number of ether oxygens (including phenoxy) is 2. The van der Waals surface area contributed by atoms with Crippen molar-refractivity contribution >= 4 is 16.0 Å². The molecule has 1 aliphatic heterocycles. The topological polar surface area (TPSA) is 106 Å². The van der Waals surface area contributed by atoms with Crippen LogP contribution in [0.3, 0.4) is 0 Å². The molecule has 0 aromatic heterocycles. The summed E-state index contributed by atoms with van der Waals surface area (Å²) in [4.78, 5) is 4.27. The minimum absolute atomic E-state index is 0.0459. The fraction of sp³-hybridized carbons (Fsp3) is 0.562. The standard InChI is InChI=1S/C16H26N4O4S/c1-23-9-6-18-16(17)19-12-14-4-2-3-5-15(14)13-25(21,22)20-7-10-24-11-8-20/h2-5H,6-13H2,1H3,(H3,17,18,19). The molecule has 1 aromatic rings. The Hall–Kier alpha value is -1.68. The molecule has 0 atom stereocenters. The molecule has 0 radical (unpaired) electrons. The summed E-state index contributed by atoms with van der Waals surface area (Å²) in [6.45, 7) is 3.10. The number of rotatable bonds is 8. The monoisotopic (exact) mass is 370 g/mol. The predicted molar refractivity (Wildman–Crippen MR) is 96.7 cm³/mol. The van der Waals surface area contributed by atoms with Gasteiger partial charge in [0.2, 0.25) is 10.0 Å². The van der Waals surface area contributed by atoms with Crippen LogP contribution in [0.4, 0.5) is 0 Å². The van der Waals surface area contributed by atoms with Gasteiger partial charge >= 0.3 is 0 Å². The molecule has 1 aliphatic rings. The Morgan fingerprint density at radius 1 is 1.32 bits per heavy atom. The largest absolute Gasteiger partial charge is 0.383 e. The smallest absolute Gasteiger partial charge is 0.218 e. The first-order chi connectivity index (χ1) is 12.0. The van der Waals surface area contributed by atoms with Gasteiger partial charge in [-0.3, -0.25) is 0 Å². The van der Waals surface area contributed by atoms with E-state index < -0.39 is 10.0 Å². The molecule has 140 valence electrons. The highest BCUT2D eigenvalue weighted by molar-refractivity contribution is 7.88. The number of aliphatic imine (C=N–C) groups is 1. The first-order valence-corrected chi connectivity index (χ1v) is 9.79. The minimum Gasteiger partial charge on any atom is -0.383 e. The maximum absolute atomic E-state index is 12.6. The van der Waals surface area contributed by atoms with Crippen molar-refractivity contribution in [2.45, 2.75) is 12.3 Å². The van der Waals surface area contributed by atoms with Gasteiger partial charge in [0.05, 0.1) is 32.1 Å². The van der Waals surface area contributed by atoms with Crippen LogP contribution in [0.25, 0.3) is 0 Å². The average Bonchev–Trinajstić information content (AvgIpc) is 2.62. The Balaban J connectivity index is 2.03. The summed E-state index contributed by atoms with van der Waals surface area (Å²) < 4.78 is 36.8. The van der Waals surface area contributed by atoms with Crippen LogP contribution in [-0.2, 0) is 31.8 Å². The van der Waals surface area contributed by atoms with Gasteiger partial charge < -0.3 is 20.5 Å². The van der Waals surface area contributed by atoms with Crippen molar-refractivity contribution < 1.29 is 17.9 Å². The third kappa shape index (κ3) is 6.28. The zero-order valence-electron chi connectivity index (χ0n) is 14.5. The molecule has 0 unspecified atom stereocenters. The lowest BCUT2D eigenvalue weighted by Crippen LogP contribution is -2.41. The summed E-state index contributed by atoms with van der Waals surface area (Å²) >= 11 is 0. The summed E-state index contributed by atoms with van der Waals surface area (Å²) in [6.07, 6.45) is 0. The van der Waals surface area contributed by atoms with Crippen LogP contribution >= 0.6 is 0 Å². The molecule has 9 heteroatoms. The molecule has 0 amide bonds. The van der Waals surface area contributed by atoms with Crippen molar-refractivity contribution in [3.8, 4) is 0 Å². The first kappa shape index (κ1) is 19.6. The predicted octanol–water partition coefficient (Wildman–Crippen LogP) is -0.101.